The molecule has 3 rings (SSSR count). The van der Waals surface area contributed by atoms with Gasteiger partial charge in [0.2, 0.25) is 0 Å². The largest absolute Gasteiger partial charge is 0.462 e. The van der Waals surface area contributed by atoms with Crippen LogP contribution in [0.1, 0.15) is 39.7 Å². The summed E-state index contributed by atoms with van der Waals surface area (Å²) in [5.74, 6) is 0.571. The Labute approximate surface area is 155 Å². The fourth-order valence-electron chi connectivity index (χ4n) is 2.56. The molecule has 24 heavy (non-hydrogen) atoms. The molecule has 2 aromatic rings. The van der Waals surface area contributed by atoms with Gasteiger partial charge in [-0.1, -0.05) is 0 Å². The number of nitrogens with zero attached hydrogens (tertiary/aromatic N) is 3. The third-order valence-electron chi connectivity index (χ3n) is 3.66. The third kappa shape index (κ3) is 4.79. The van der Waals surface area contributed by atoms with Crippen LogP contribution in [-0.2, 0) is 9.53 Å². The van der Waals surface area contributed by atoms with Gasteiger partial charge in [0.05, 0.1) is 5.39 Å². The Hall–Kier alpha value is -1.42. The zero-order chi connectivity index (χ0) is 17.7. The lowest BCUT2D eigenvalue weighted by Gasteiger charge is -2.24. The first-order valence-electron chi connectivity index (χ1n) is 7.92. The lowest BCUT2D eigenvalue weighted by molar-refractivity contribution is -0.138. The molecule has 0 radical (unpaired) electrons. The lowest BCUT2D eigenvalue weighted by atomic mass is 10.1. The minimum atomic E-state index is -0.318. The standard InChI is InChI=1S/C11H14IN5.C5H10O2/c12-8-5-17(7-2-1-3-14-4-7)11-9(8)10(13)15-6-16-11;1-5(2,3)7-4-6/h5-7,14H,1-4H2,(H2,13,15,16);4H,1-3H3. The van der Waals surface area contributed by atoms with Gasteiger partial charge < -0.3 is 20.4 Å². The number of aromatic nitrogens is 3. The molecular weight excluding hydrogens is 421 g/mol. The van der Waals surface area contributed by atoms with Crippen molar-refractivity contribution in [1.82, 2.24) is 19.9 Å². The molecule has 1 unspecified atom stereocenters. The smallest absolute Gasteiger partial charge is 0.293 e. The molecule has 1 saturated heterocycles. The second kappa shape index (κ2) is 8.11. The fraction of sp³-hybridized carbons (Fsp3) is 0.562. The number of hydrogen-bond donors (Lipinski definition) is 2. The van der Waals surface area contributed by atoms with E-state index in [1.165, 1.54) is 12.8 Å². The van der Waals surface area contributed by atoms with Gasteiger partial charge in [-0.15, -0.1) is 0 Å². The number of nitrogens with two attached hydrogens (primary N) is 1. The molecule has 8 heteroatoms. The first-order chi connectivity index (χ1) is 11.3. The van der Waals surface area contributed by atoms with Crippen molar-refractivity contribution in [2.45, 2.75) is 45.3 Å². The molecule has 1 fully saturated rings. The van der Waals surface area contributed by atoms with Crippen LogP contribution in [0.2, 0.25) is 0 Å². The number of nitrogens with one attached hydrogen (secondary N) is 1. The summed E-state index contributed by atoms with van der Waals surface area (Å²) in [4.78, 5) is 18.0. The quantitative estimate of drug-likeness (QED) is 0.545. The number of hydrogen-bond acceptors (Lipinski definition) is 6. The highest BCUT2D eigenvalue weighted by Crippen LogP contribution is 2.29. The number of ether oxygens (including phenoxy) is 1. The zero-order valence-corrected chi connectivity index (χ0v) is 16.4. The van der Waals surface area contributed by atoms with Gasteiger partial charge in [0.15, 0.2) is 0 Å². The molecule has 1 aliphatic rings. The molecule has 0 spiro atoms. The van der Waals surface area contributed by atoms with Crippen LogP contribution in [0.3, 0.4) is 0 Å². The van der Waals surface area contributed by atoms with Crippen LogP contribution in [0.15, 0.2) is 12.5 Å². The van der Waals surface area contributed by atoms with Crippen LogP contribution in [0.5, 0.6) is 0 Å². The van der Waals surface area contributed by atoms with E-state index in [0.717, 1.165) is 27.7 Å². The molecular formula is C16H24IN5O2. The van der Waals surface area contributed by atoms with Gasteiger partial charge in [-0.3, -0.25) is 4.79 Å². The average molecular weight is 445 g/mol. The Morgan fingerprint density at radius 1 is 1.46 bits per heavy atom. The van der Waals surface area contributed by atoms with Gasteiger partial charge in [-0.2, -0.15) is 0 Å². The SMILES string of the molecule is CC(C)(C)OC=O.Nc1ncnc2c1c(I)cn2C1CCCNC1. The molecule has 7 nitrogen and oxygen atoms in total. The Morgan fingerprint density at radius 3 is 2.75 bits per heavy atom. The Bertz CT molecular complexity index is 690. The van der Waals surface area contributed by atoms with Gasteiger partial charge in [0.1, 0.15) is 23.4 Å². The van der Waals surface area contributed by atoms with E-state index in [4.69, 9.17) is 5.73 Å². The molecule has 132 valence electrons. The van der Waals surface area contributed by atoms with Gasteiger partial charge in [-0.05, 0) is 62.7 Å². The van der Waals surface area contributed by atoms with Crippen LogP contribution in [0.25, 0.3) is 11.0 Å². The van der Waals surface area contributed by atoms with Crippen molar-refractivity contribution < 1.29 is 9.53 Å². The highest BCUT2D eigenvalue weighted by atomic mass is 127. The zero-order valence-electron chi connectivity index (χ0n) is 14.3. The molecule has 2 aromatic heterocycles. The average Bonchev–Trinajstić information content (AvgIpc) is 2.86. The number of carbonyl (C=O) groups excluding carboxylic acids is 1. The van der Waals surface area contributed by atoms with Gasteiger partial charge in [0, 0.05) is 22.4 Å². The van der Waals surface area contributed by atoms with E-state index in [0.29, 0.717) is 18.3 Å². The van der Waals surface area contributed by atoms with E-state index in [1.807, 2.05) is 20.8 Å². The van der Waals surface area contributed by atoms with E-state index in [2.05, 4.69) is 53.4 Å². The summed E-state index contributed by atoms with van der Waals surface area (Å²) in [6.45, 7) is 8.04. The molecule has 0 bridgehead atoms. The van der Waals surface area contributed by atoms with Crippen LogP contribution in [-0.4, -0.2) is 39.7 Å². The molecule has 0 aliphatic carbocycles. The third-order valence-corrected chi connectivity index (χ3v) is 4.48. The van der Waals surface area contributed by atoms with E-state index in [-0.39, 0.29) is 5.60 Å². The van der Waals surface area contributed by atoms with Gasteiger partial charge in [-0.25, -0.2) is 9.97 Å². The van der Waals surface area contributed by atoms with Crippen molar-refractivity contribution in [3.63, 3.8) is 0 Å². The molecule has 0 amide bonds. The van der Waals surface area contributed by atoms with E-state index >= 15 is 0 Å². The summed E-state index contributed by atoms with van der Waals surface area (Å²) in [7, 11) is 0. The van der Waals surface area contributed by atoms with Crippen molar-refractivity contribution in [1.29, 1.82) is 0 Å². The summed E-state index contributed by atoms with van der Waals surface area (Å²) >= 11 is 2.30. The van der Waals surface area contributed by atoms with Crippen molar-refractivity contribution in [2.24, 2.45) is 0 Å². The van der Waals surface area contributed by atoms with Crippen molar-refractivity contribution in [2.75, 3.05) is 18.8 Å². The molecule has 0 aromatic carbocycles. The Kier molecular flexibility index (Phi) is 6.39. The molecule has 0 saturated carbocycles. The van der Waals surface area contributed by atoms with E-state index in [9.17, 15) is 4.79 Å². The number of fused-ring (bicyclic) bond motifs is 1. The maximum atomic E-state index is 9.60. The number of anilines is 1. The van der Waals surface area contributed by atoms with Crippen molar-refractivity contribution in [3.8, 4) is 0 Å². The van der Waals surface area contributed by atoms with E-state index in [1.54, 1.807) is 6.33 Å². The number of carbonyl (C=O) groups is 1. The number of halogens is 1. The highest BCUT2D eigenvalue weighted by Gasteiger charge is 2.20. The number of rotatable bonds is 2. The summed E-state index contributed by atoms with van der Waals surface area (Å²) < 4.78 is 7.91. The molecule has 1 atom stereocenters. The normalized spacial score (nSPS) is 17.9. The molecule has 3 N–H and O–H groups in total. The summed E-state index contributed by atoms with van der Waals surface area (Å²) in [5.41, 5.74) is 6.55. The second-order valence-corrected chi connectivity index (χ2v) is 7.83. The molecule has 3 heterocycles. The number of nitrogen functional groups attached to an aromatic ring is 1. The highest BCUT2D eigenvalue weighted by molar-refractivity contribution is 14.1. The van der Waals surface area contributed by atoms with Crippen LogP contribution < -0.4 is 11.1 Å². The van der Waals surface area contributed by atoms with E-state index < -0.39 is 0 Å². The Balaban J connectivity index is 0.000000256. The first-order valence-corrected chi connectivity index (χ1v) is 9.00. The summed E-state index contributed by atoms with van der Waals surface area (Å²) in [6.07, 6.45) is 6.08. The summed E-state index contributed by atoms with van der Waals surface area (Å²) in [6, 6.07) is 0.476. The van der Waals surface area contributed by atoms with Gasteiger partial charge >= 0.3 is 0 Å². The number of piperidine rings is 1. The van der Waals surface area contributed by atoms with Crippen LogP contribution in [0.4, 0.5) is 5.82 Å². The fourth-order valence-corrected chi connectivity index (χ4v) is 3.37. The predicted octanol–water partition coefficient (Wildman–Crippen LogP) is 2.50. The van der Waals surface area contributed by atoms with Crippen molar-refractivity contribution >= 4 is 45.9 Å². The van der Waals surface area contributed by atoms with Crippen LogP contribution >= 0.6 is 22.6 Å². The van der Waals surface area contributed by atoms with Crippen LogP contribution in [0, 0.1) is 3.57 Å². The minimum Gasteiger partial charge on any atom is -0.462 e. The Morgan fingerprint density at radius 2 is 2.21 bits per heavy atom. The second-order valence-electron chi connectivity index (χ2n) is 6.67. The minimum absolute atomic E-state index is 0.318. The maximum absolute atomic E-state index is 9.60. The molecule has 1 aliphatic heterocycles. The summed E-state index contributed by atoms with van der Waals surface area (Å²) in [5, 5.41) is 4.41. The monoisotopic (exact) mass is 445 g/mol. The van der Waals surface area contributed by atoms with Gasteiger partial charge in [0.25, 0.3) is 6.47 Å². The predicted molar refractivity (Wildman–Crippen MR) is 103 cm³/mol. The topological polar surface area (TPSA) is 95.1 Å². The maximum Gasteiger partial charge on any atom is 0.293 e. The van der Waals surface area contributed by atoms with Crippen molar-refractivity contribution in [3.05, 3.63) is 16.1 Å². The first kappa shape index (κ1) is 18.9. The lowest BCUT2D eigenvalue weighted by Crippen LogP contribution is -2.31.